The first kappa shape index (κ1) is 51.4. The Labute approximate surface area is 329 Å². The van der Waals surface area contributed by atoms with Crippen molar-refractivity contribution < 1.29 is 28.6 Å². The molecule has 0 rings (SSSR count). The summed E-state index contributed by atoms with van der Waals surface area (Å²) in [7, 11) is 0. The first-order valence-electron chi connectivity index (χ1n) is 23.1. The van der Waals surface area contributed by atoms with Crippen molar-refractivity contribution in [2.45, 2.75) is 253 Å². The summed E-state index contributed by atoms with van der Waals surface area (Å²) in [5.41, 5.74) is 0. The second-order valence-electron chi connectivity index (χ2n) is 17.5. The van der Waals surface area contributed by atoms with Crippen molar-refractivity contribution in [2.75, 3.05) is 13.2 Å². The molecule has 0 aromatic heterocycles. The smallest absolute Gasteiger partial charge is 0.306 e. The van der Waals surface area contributed by atoms with Crippen LogP contribution in [0.15, 0.2) is 0 Å². The van der Waals surface area contributed by atoms with Crippen LogP contribution in [0.3, 0.4) is 0 Å². The lowest BCUT2D eigenvalue weighted by atomic mass is 10.0. The van der Waals surface area contributed by atoms with Crippen molar-refractivity contribution in [3.05, 3.63) is 0 Å². The van der Waals surface area contributed by atoms with E-state index >= 15 is 0 Å². The predicted molar refractivity (Wildman–Crippen MR) is 224 cm³/mol. The van der Waals surface area contributed by atoms with Gasteiger partial charge in [-0.3, -0.25) is 14.4 Å². The average Bonchev–Trinajstić information content (AvgIpc) is 3.11. The molecule has 0 unspecified atom stereocenters. The lowest BCUT2D eigenvalue weighted by Crippen LogP contribution is -2.30. The number of unbranched alkanes of at least 4 members (excludes halogenated alkanes) is 23. The molecule has 0 saturated carbocycles. The van der Waals surface area contributed by atoms with Gasteiger partial charge < -0.3 is 14.2 Å². The lowest BCUT2D eigenvalue weighted by Gasteiger charge is -2.18. The number of rotatable bonds is 40. The molecule has 0 aliphatic carbocycles. The minimum Gasteiger partial charge on any atom is -0.462 e. The molecular weight excluding hydrogens is 661 g/mol. The van der Waals surface area contributed by atoms with Crippen molar-refractivity contribution in [3.8, 4) is 0 Å². The van der Waals surface area contributed by atoms with Gasteiger partial charge in [0.25, 0.3) is 0 Å². The lowest BCUT2D eigenvalue weighted by molar-refractivity contribution is -0.167. The third-order valence-corrected chi connectivity index (χ3v) is 10.4. The van der Waals surface area contributed by atoms with E-state index in [0.29, 0.717) is 19.3 Å². The maximum absolute atomic E-state index is 12.7. The standard InChI is InChI=1S/C47H90O6/c1-41(2)33-27-21-15-10-8-7-9-11-18-24-30-36-45(48)51-39-44(40-52-46(49)37-31-25-20-14-17-23-29-35-43(5)6)53-47(50)38-32-26-19-13-12-16-22-28-34-42(3)4/h41-44H,7-40H2,1-6H3/t44-/m1/s1. The van der Waals surface area contributed by atoms with Gasteiger partial charge in [-0.15, -0.1) is 0 Å². The number of ether oxygens (including phenoxy) is 3. The van der Waals surface area contributed by atoms with E-state index in [1.165, 1.54) is 128 Å². The van der Waals surface area contributed by atoms with Gasteiger partial charge in [0, 0.05) is 19.3 Å². The molecule has 0 bridgehead atoms. The van der Waals surface area contributed by atoms with Crippen molar-refractivity contribution in [2.24, 2.45) is 17.8 Å². The van der Waals surface area contributed by atoms with Gasteiger partial charge in [0.2, 0.25) is 0 Å². The van der Waals surface area contributed by atoms with Gasteiger partial charge in [0.1, 0.15) is 13.2 Å². The summed E-state index contributed by atoms with van der Waals surface area (Å²) >= 11 is 0. The van der Waals surface area contributed by atoms with Crippen LogP contribution in [0, 0.1) is 17.8 Å². The Bertz CT molecular complexity index is 822. The van der Waals surface area contributed by atoms with E-state index in [0.717, 1.165) is 75.5 Å². The Morgan fingerprint density at radius 3 is 0.811 bits per heavy atom. The second kappa shape index (κ2) is 38.7. The van der Waals surface area contributed by atoms with E-state index in [4.69, 9.17) is 14.2 Å². The molecule has 0 aromatic carbocycles. The maximum atomic E-state index is 12.7. The van der Waals surface area contributed by atoms with E-state index < -0.39 is 6.10 Å². The van der Waals surface area contributed by atoms with Crippen LogP contribution in [0.2, 0.25) is 0 Å². The Hall–Kier alpha value is -1.59. The zero-order valence-electron chi connectivity index (χ0n) is 36.3. The quantitative estimate of drug-likeness (QED) is 0.0352. The van der Waals surface area contributed by atoms with Crippen LogP contribution in [-0.4, -0.2) is 37.2 Å². The van der Waals surface area contributed by atoms with Crippen LogP contribution in [0.5, 0.6) is 0 Å². The molecule has 0 N–H and O–H groups in total. The van der Waals surface area contributed by atoms with Crippen molar-refractivity contribution >= 4 is 17.9 Å². The van der Waals surface area contributed by atoms with Crippen molar-refractivity contribution in [1.82, 2.24) is 0 Å². The highest BCUT2D eigenvalue weighted by molar-refractivity contribution is 5.71. The van der Waals surface area contributed by atoms with Crippen LogP contribution < -0.4 is 0 Å². The number of esters is 3. The highest BCUT2D eigenvalue weighted by atomic mass is 16.6. The van der Waals surface area contributed by atoms with E-state index in [1.54, 1.807) is 0 Å². The summed E-state index contributed by atoms with van der Waals surface area (Å²) in [4.78, 5) is 37.7. The van der Waals surface area contributed by atoms with Crippen LogP contribution >= 0.6 is 0 Å². The molecule has 0 fully saturated rings. The molecule has 6 heteroatoms. The van der Waals surface area contributed by atoms with Crippen LogP contribution in [-0.2, 0) is 28.6 Å². The zero-order chi connectivity index (χ0) is 39.2. The molecule has 53 heavy (non-hydrogen) atoms. The third-order valence-electron chi connectivity index (χ3n) is 10.4. The van der Waals surface area contributed by atoms with Gasteiger partial charge in [0.05, 0.1) is 0 Å². The summed E-state index contributed by atoms with van der Waals surface area (Å²) in [5, 5.41) is 0. The highest BCUT2D eigenvalue weighted by Gasteiger charge is 2.19. The molecule has 0 aliphatic rings. The first-order chi connectivity index (χ1) is 25.6. The van der Waals surface area contributed by atoms with Crippen LogP contribution in [0.4, 0.5) is 0 Å². The monoisotopic (exact) mass is 751 g/mol. The molecule has 0 saturated heterocycles. The summed E-state index contributed by atoms with van der Waals surface area (Å²) in [6.45, 7) is 13.6. The Morgan fingerprint density at radius 2 is 0.547 bits per heavy atom. The molecule has 0 aliphatic heterocycles. The number of carbonyl (C=O) groups excluding carboxylic acids is 3. The zero-order valence-corrected chi connectivity index (χ0v) is 36.3. The van der Waals surface area contributed by atoms with Gasteiger partial charge in [-0.25, -0.2) is 0 Å². The number of hydrogen-bond donors (Lipinski definition) is 0. The highest BCUT2D eigenvalue weighted by Crippen LogP contribution is 2.17. The maximum Gasteiger partial charge on any atom is 0.306 e. The largest absolute Gasteiger partial charge is 0.462 e. The van der Waals surface area contributed by atoms with E-state index in [9.17, 15) is 14.4 Å². The normalized spacial score (nSPS) is 12.2. The average molecular weight is 751 g/mol. The number of hydrogen-bond acceptors (Lipinski definition) is 6. The Balaban J connectivity index is 4.33. The van der Waals surface area contributed by atoms with Crippen molar-refractivity contribution in [1.29, 1.82) is 0 Å². The second-order valence-corrected chi connectivity index (χ2v) is 17.5. The SMILES string of the molecule is CC(C)CCCCCCCCCCCCCC(=O)OC[C@H](COC(=O)CCCCCCCCCC(C)C)OC(=O)CCCCCCCCCCC(C)C. The molecular formula is C47H90O6. The van der Waals surface area contributed by atoms with E-state index in [-0.39, 0.29) is 31.1 Å². The van der Waals surface area contributed by atoms with E-state index in [1.807, 2.05) is 0 Å². The van der Waals surface area contributed by atoms with Gasteiger partial charge in [0.15, 0.2) is 6.10 Å². The molecule has 0 heterocycles. The summed E-state index contributed by atoms with van der Waals surface area (Å²) < 4.78 is 16.7. The number of carbonyl (C=O) groups is 3. The van der Waals surface area contributed by atoms with Crippen LogP contribution in [0.25, 0.3) is 0 Å². The van der Waals surface area contributed by atoms with Gasteiger partial charge >= 0.3 is 17.9 Å². The Kier molecular flexibility index (Phi) is 37.5. The predicted octanol–water partition coefficient (Wildman–Crippen LogP) is 14.4. The van der Waals surface area contributed by atoms with Gasteiger partial charge in [-0.2, -0.15) is 0 Å². The molecule has 0 radical (unpaired) electrons. The first-order valence-corrected chi connectivity index (χ1v) is 23.1. The fourth-order valence-corrected chi connectivity index (χ4v) is 6.88. The summed E-state index contributed by atoms with van der Waals surface area (Å²) in [6.07, 6.45) is 35.3. The molecule has 1 atom stereocenters. The minimum atomic E-state index is -0.762. The van der Waals surface area contributed by atoms with E-state index in [2.05, 4.69) is 41.5 Å². The molecule has 6 nitrogen and oxygen atoms in total. The molecule has 314 valence electrons. The third kappa shape index (κ3) is 41.4. The topological polar surface area (TPSA) is 78.9 Å². The summed E-state index contributed by atoms with van der Waals surface area (Å²) in [6, 6.07) is 0. The Morgan fingerprint density at radius 1 is 0.321 bits per heavy atom. The van der Waals surface area contributed by atoms with Crippen LogP contribution in [0.1, 0.15) is 247 Å². The summed E-state index contributed by atoms with van der Waals surface area (Å²) in [5.74, 6) is 1.54. The van der Waals surface area contributed by atoms with Gasteiger partial charge in [-0.05, 0) is 37.0 Å². The fourth-order valence-electron chi connectivity index (χ4n) is 6.88. The molecule has 0 aromatic rings. The molecule has 0 amide bonds. The van der Waals surface area contributed by atoms with Gasteiger partial charge in [-0.1, -0.05) is 208 Å². The molecule has 0 spiro atoms. The minimum absolute atomic E-state index is 0.0665. The fraction of sp³-hybridized carbons (Fsp3) is 0.936. The van der Waals surface area contributed by atoms with Crippen molar-refractivity contribution in [3.63, 3.8) is 0 Å².